The van der Waals surface area contributed by atoms with E-state index < -0.39 is 0 Å². The van der Waals surface area contributed by atoms with Crippen LogP contribution in [0.1, 0.15) is 92.5 Å². The van der Waals surface area contributed by atoms with Crippen LogP contribution in [0.3, 0.4) is 0 Å². The zero-order valence-electron chi connectivity index (χ0n) is 31.6. The van der Waals surface area contributed by atoms with E-state index in [2.05, 4.69) is 94.7 Å². The van der Waals surface area contributed by atoms with Gasteiger partial charge >= 0.3 is 5.97 Å². The fourth-order valence-electron chi connectivity index (χ4n) is 10.6. The summed E-state index contributed by atoms with van der Waals surface area (Å²) in [5.41, 5.74) is 5.74. The summed E-state index contributed by atoms with van der Waals surface area (Å²) in [5.74, 6) is 1.38. The van der Waals surface area contributed by atoms with Gasteiger partial charge in [0.15, 0.2) is 11.5 Å². The molecule has 8 rings (SSSR count). The van der Waals surface area contributed by atoms with E-state index in [0.717, 1.165) is 57.9 Å². The first-order valence-electron chi connectivity index (χ1n) is 20.0. The number of likely N-dealkylation sites (tertiary alicyclic amines) is 1. The molecule has 1 spiro atoms. The van der Waals surface area contributed by atoms with Gasteiger partial charge in [-0.1, -0.05) is 103 Å². The molecule has 4 aromatic rings. The molecular weight excluding hydrogens is 673 g/mol. The van der Waals surface area contributed by atoms with Crippen LogP contribution in [0, 0.1) is 5.92 Å². The number of amides is 1. The van der Waals surface area contributed by atoms with Crippen LogP contribution in [-0.2, 0) is 32.6 Å². The molecule has 54 heavy (non-hydrogen) atoms. The van der Waals surface area contributed by atoms with E-state index in [4.69, 9.17) is 9.47 Å². The molecule has 2 aliphatic carbocycles. The van der Waals surface area contributed by atoms with E-state index >= 15 is 0 Å². The predicted octanol–water partition coefficient (Wildman–Crippen LogP) is 8.07. The molecular formula is C47H52N2O5. The van der Waals surface area contributed by atoms with Gasteiger partial charge in [-0.25, -0.2) is 0 Å². The van der Waals surface area contributed by atoms with Gasteiger partial charge in [-0.15, -0.1) is 0 Å². The predicted molar refractivity (Wildman–Crippen MR) is 210 cm³/mol. The van der Waals surface area contributed by atoms with Gasteiger partial charge in [0.25, 0.3) is 0 Å². The number of unbranched alkanes of at least 4 members (excludes halogenated alkanes) is 2. The molecule has 280 valence electrons. The molecule has 0 unspecified atom stereocenters. The molecule has 7 nitrogen and oxygen atoms in total. The first kappa shape index (κ1) is 36.2. The first-order chi connectivity index (χ1) is 26.3. The lowest BCUT2D eigenvalue weighted by molar-refractivity contribution is -0.144. The number of esters is 1. The summed E-state index contributed by atoms with van der Waals surface area (Å²) in [5, 5.41) is 0. The normalized spacial score (nSPS) is 23.7. The Kier molecular flexibility index (Phi) is 10.4. The van der Waals surface area contributed by atoms with Crippen molar-refractivity contribution in [3.8, 4) is 11.5 Å². The van der Waals surface area contributed by atoms with E-state index in [0.29, 0.717) is 31.0 Å². The van der Waals surface area contributed by atoms with Crippen molar-refractivity contribution >= 4 is 17.7 Å². The number of nitrogens with zero attached hydrogens (tertiary/aromatic N) is 2. The standard InChI is InChI=1S/C47H52N2O5/c1-32(50)30-48-28-27-47-39-24-25-40(46(47)54-45-42(53-33(2)51)26-23-37(44(45)47)29-41(39)48)49(43(52)22-14-4-9-17-34-15-7-3-8-16-34)31-38(35-18-10-5-11-19-35)36-20-12-6-13-21-36/h3,5-8,10-13,15-16,18-21,23,26,38-41,46H,4,9,14,17,22,24-25,27-31H2,1-2H3/t39-,40-,41+,46-,47-/m0/s1. The van der Waals surface area contributed by atoms with Gasteiger partial charge < -0.3 is 14.4 Å². The second-order valence-electron chi connectivity index (χ2n) is 16.0. The van der Waals surface area contributed by atoms with Gasteiger partial charge in [-0.2, -0.15) is 0 Å². The minimum Gasteiger partial charge on any atom is -0.483 e. The molecule has 2 bridgehead atoms. The largest absolute Gasteiger partial charge is 0.483 e. The smallest absolute Gasteiger partial charge is 0.308 e. The van der Waals surface area contributed by atoms with E-state index in [1.54, 1.807) is 6.92 Å². The maximum atomic E-state index is 14.9. The van der Waals surface area contributed by atoms with Crippen molar-refractivity contribution < 1.29 is 23.9 Å². The zero-order chi connectivity index (χ0) is 37.2. The fraction of sp³-hybridized carbons (Fsp3) is 0.426. The van der Waals surface area contributed by atoms with Crippen molar-refractivity contribution in [3.63, 3.8) is 0 Å². The van der Waals surface area contributed by atoms with Gasteiger partial charge in [0.1, 0.15) is 11.9 Å². The average molecular weight is 725 g/mol. The number of piperidine rings is 1. The summed E-state index contributed by atoms with van der Waals surface area (Å²) in [4.78, 5) is 44.4. The number of aryl methyl sites for hydroxylation is 1. The van der Waals surface area contributed by atoms with E-state index in [1.165, 1.54) is 34.7 Å². The number of ether oxygens (including phenoxy) is 2. The summed E-state index contributed by atoms with van der Waals surface area (Å²) in [6.45, 7) is 4.90. The number of hydrogen-bond donors (Lipinski definition) is 0. The maximum Gasteiger partial charge on any atom is 0.308 e. The molecule has 4 aliphatic rings. The summed E-state index contributed by atoms with van der Waals surface area (Å²) in [7, 11) is 0. The van der Waals surface area contributed by atoms with Crippen LogP contribution in [0.25, 0.3) is 0 Å². The maximum absolute atomic E-state index is 14.9. The van der Waals surface area contributed by atoms with Crippen LogP contribution in [0.4, 0.5) is 0 Å². The molecule has 0 N–H and O–H groups in total. The van der Waals surface area contributed by atoms with Gasteiger partial charge in [-0.3, -0.25) is 19.3 Å². The number of benzene rings is 4. The summed E-state index contributed by atoms with van der Waals surface area (Å²) >= 11 is 0. The molecule has 1 saturated carbocycles. The van der Waals surface area contributed by atoms with Gasteiger partial charge in [-0.05, 0) is 92.7 Å². The number of carbonyl (C=O) groups is 3. The molecule has 1 amide bonds. The number of carbonyl (C=O) groups excluding carboxylic acids is 3. The lowest BCUT2D eigenvalue weighted by Crippen LogP contribution is -2.69. The third-order valence-corrected chi connectivity index (χ3v) is 12.8. The first-order valence-corrected chi connectivity index (χ1v) is 20.0. The highest BCUT2D eigenvalue weighted by Gasteiger charge is 2.66. The monoisotopic (exact) mass is 724 g/mol. The highest BCUT2D eigenvalue weighted by molar-refractivity contribution is 5.78. The Bertz CT molecular complexity index is 1930. The third kappa shape index (κ3) is 6.87. The van der Waals surface area contributed by atoms with Crippen molar-refractivity contribution in [2.75, 3.05) is 19.6 Å². The number of rotatable bonds is 14. The van der Waals surface area contributed by atoms with Crippen LogP contribution in [0.15, 0.2) is 103 Å². The highest BCUT2D eigenvalue weighted by atomic mass is 16.6. The molecule has 4 aromatic carbocycles. The van der Waals surface area contributed by atoms with Crippen molar-refractivity contribution in [1.29, 1.82) is 0 Å². The SMILES string of the molecule is CC(=O)CN1CC[C@]23c4c5ccc(OC(C)=O)c4O[C@H]2[C@@H](N(CC(c2ccccc2)c2ccccc2)C(=O)CCCCCc2ccccc2)CC[C@H]3[C@H]1C5. The Balaban J connectivity index is 1.15. The molecule has 0 radical (unpaired) electrons. The Labute approximate surface area is 319 Å². The van der Waals surface area contributed by atoms with Crippen molar-refractivity contribution in [2.24, 2.45) is 5.92 Å². The summed E-state index contributed by atoms with van der Waals surface area (Å²) < 4.78 is 13.0. The lowest BCUT2D eigenvalue weighted by atomic mass is 9.51. The van der Waals surface area contributed by atoms with Crippen molar-refractivity contribution in [3.05, 3.63) is 131 Å². The molecule has 0 aromatic heterocycles. The lowest BCUT2D eigenvalue weighted by Gasteiger charge is -2.60. The quantitative estimate of drug-likeness (QED) is 0.0744. The highest BCUT2D eigenvalue weighted by Crippen LogP contribution is 2.64. The molecule has 2 heterocycles. The number of hydrogen-bond acceptors (Lipinski definition) is 6. The van der Waals surface area contributed by atoms with E-state index in [-0.39, 0.29) is 53.1 Å². The topological polar surface area (TPSA) is 76.2 Å². The van der Waals surface area contributed by atoms with Crippen LogP contribution in [0.5, 0.6) is 11.5 Å². The Morgan fingerprint density at radius 2 is 1.54 bits per heavy atom. The van der Waals surface area contributed by atoms with E-state index in [9.17, 15) is 14.4 Å². The molecule has 2 aliphatic heterocycles. The van der Waals surface area contributed by atoms with Crippen LogP contribution in [-0.4, -0.2) is 65.3 Å². The molecule has 7 heteroatoms. The number of Topliss-reactive ketones (excluding diaryl/α,β-unsaturated/α-hetero) is 1. The number of ketones is 1. The Hall–Kier alpha value is -4.75. The van der Waals surface area contributed by atoms with Gasteiger partial charge in [0.2, 0.25) is 5.91 Å². The van der Waals surface area contributed by atoms with Gasteiger partial charge in [0.05, 0.1) is 12.6 Å². The van der Waals surface area contributed by atoms with E-state index in [1.807, 2.05) is 18.2 Å². The molecule has 5 atom stereocenters. The van der Waals surface area contributed by atoms with Crippen LogP contribution in [0.2, 0.25) is 0 Å². The van der Waals surface area contributed by atoms with Crippen LogP contribution < -0.4 is 9.47 Å². The second kappa shape index (κ2) is 15.5. The summed E-state index contributed by atoms with van der Waals surface area (Å²) in [6, 6.07) is 35.7. The minimum atomic E-state index is -0.377. The van der Waals surface area contributed by atoms with Gasteiger partial charge in [0, 0.05) is 42.8 Å². The third-order valence-electron chi connectivity index (χ3n) is 12.8. The van der Waals surface area contributed by atoms with Crippen LogP contribution >= 0.6 is 0 Å². The Morgan fingerprint density at radius 3 is 2.20 bits per heavy atom. The van der Waals surface area contributed by atoms with Crippen molar-refractivity contribution in [1.82, 2.24) is 9.80 Å². The minimum absolute atomic E-state index is 0.0166. The second-order valence-corrected chi connectivity index (χ2v) is 16.0. The molecule has 2 fully saturated rings. The fourth-order valence-corrected chi connectivity index (χ4v) is 10.6. The zero-order valence-corrected chi connectivity index (χ0v) is 31.6. The molecule has 1 saturated heterocycles. The average Bonchev–Trinajstić information content (AvgIpc) is 3.53. The van der Waals surface area contributed by atoms with Crippen molar-refractivity contribution in [2.45, 2.75) is 101 Å². The summed E-state index contributed by atoms with van der Waals surface area (Å²) in [6.07, 6.45) is 7.47. The Morgan fingerprint density at radius 1 is 0.852 bits per heavy atom.